The van der Waals surface area contributed by atoms with Crippen molar-refractivity contribution in [2.75, 3.05) is 0 Å². The van der Waals surface area contributed by atoms with Gasteiger partial charge in [-0.15, -0.1) is 0 Å². The Labute approximate surface area is 185 Å². The molecule has 0 N–H and O–H groups in total. The maximum atomic E-state index is 3.73. The number of fused-ring (bicyclic) bond motifs is 5. The zero-order valence-electron chi connectivity index (χ0n) is 16.3. The van der Waals surface area contributed by atoms with Gasteiger partial charge in [-0.3, -0.25) is 0 Å². The first kappa shape index (κ1) is 17.7. The third-order valence-corrected chi connectivity index (χ3v) is 6.89. The fourth-order valence-electron chi connectivity index (χ4n) is 5.23. The molecule has 0 aromatic heterocycles. The van der Waals surface area contributed by atoms with Crippen LogP contribution in [0.2, 0.25) is 0 Å². The zero-order valence-corrected chi connectivity index (χ0v) is 17.9. The van der Waals surface area contributed by atoms with Gasteiger partial charge in [0, 0.05) is 4.47 Å². The van der Waals surface area contributed by atoms with Crippen LogP contribution >= 0.6 is 15.9 Å². The van der Waals surface area contributed by atoms with Crippen LogP contribution in [0, 0.1) is 0 Å². The summed E-state index contributed by atoms with van der Waals surface area (Å²) in [6.45, 7) is 0. The predicted molar refractivity (Wildman–Crippen MR) is 129 cm³/mol. The molecule has 5 aromatic carbocycles. The van der Waals surface area contributed by atoms with Crippen LogP contribution in [0.15, 0.2) is 120 Å². The summed E-state index contributed by atoms with van der Waals surface area (Å²) in [7, 11) is 0. The second kappa shape index (κ2) is 6.68. The highest BCUT2D eigenvalue weighted by atomic mass is 79.9. The van der Waals surface area contributed by atoms with Crippen LogP contribution in [0.1, 0.15) is 22.3 Å². The predicted octanol–water partition coefficient (Wildman–Crippen LogP) is 7.97. The first-order valence-corrected chi connectivity index (χ1v) is 11.0. The molecule has 30 heavy (non-hydrogen) atoms. The SMILES string of the molecule is Brc1ccc2c(c1)-c1c(ccc3ccccc13)C2(c1ccccc1)c1ccccc1. The van der Waals surface area contributed by atoms with Crippen LogP contribution in [-0.2, 0) is 5.41 Å². The van der Waals surface area contributed by atoms with Crippen LogP contribution in [0.5, 0.6) is 0 Å². The number of rotatable bonds is 2. The summed E-state index contributed by atoms with van der Waals surface area (Å²) >= 11 is 3.73. The highest BCUT2D eigenvalue weighted by Crippen LogP contribution is 2.58. The molecule has 0 fully saturated rings. The van der Waals surface area contributed by atoms with Crippen molar-refractivity contribution < 1.29 is 0 Å². The molecule has 0 unspecified atom stereocenters. The van der Waals surface area contributed by atoms with E-state index in [2.05, 4.69) is 131 Å². The minimum atomic E-state index is -0.335. The number of halogens is 1. The Morgan fingerprint density at radius 2 is 1.13 bits per heavy atom. The molecule has 0 nitrogen and oxygen atoms in total. The van der Waals surface area contributed by atoms with Gasteiger partial charge in [0.05, 0.1) is 5.41 Å². The van der Waals surface area contributed by atoms with Gasteiger partial charge in [-0.2, -0.15) is 0 Å². The third-order valence-electron chi connectivity index (χ3n) is 6.40. The smallest absolute Gasteiger partial charge is 0.0622 e. The van der Waals surface area contributed by atoms with E-state index in [4.69, 9.17) is 0 Å². The molecule has 0 spiro atoms. The van der Waals surface area contributed by atoms with E-state index in [0.29, 0.717) is 0 Å². The van der Waals surface area contributed by atoms with Crippen molar-refractivity contribution in [3.05, 3.63) is 142 Å². The van der Waals surface area contributed by atoms with Crippen molar-refractivity contribution >= 4 is 26.7 Å². The molecule has 1 heteroatoms. The van der Waals surface area contributed by atoms with Gasteiger partial charge < -0.3 is 0 Å². The quantitative estimate of drug-likeness (QED) is 0.253. The number of hydrogen-bond acceptors (Lipinski definition) is 0. The van der Waals surface area contributed by atoms with Gasteiger partial charge in [0.2, 0.25) is 0 Å². The van der Waals surface area contributed by atoms with Gasteiger partial charge in [-0.25, -0.2) is 0 Å². The third kappa shape index (κ3) is 2.33. The molecule has 1 aliphatic carbocycles. The van der Waals surface area contributed by atoms with Crippen molar-refractivity contribution in [1.82, 2.24) is 0 Å². The highest BCUT2D eigenvalue weighted by Gasteiger charge is 2.46. The zero-order chi connectivity index (χ0) is 20.1. The largest absolute Gasteiger partial charge is 0.0713 e. The molecule has 0 atom stereocenters. The lowest BCUT2D eigenvalue weighted by Crippen LogP contribution is -2.28. The normalized spacial score (nSPS) is 13.8. The van der Waals surface area contributed by atoms with E-state index in [1.165, 1.54) is 44.2 Å². The first-order chi connectivity index (χ1) is 14.8. The Hall–Kier alpha value is -3.16. The molecule has 0 saturated heterocycles. The van der Waals surface area contributed by atoms with Gasteiger partial charge in [-0.1, -0.05) is 119 Å². The van der Waals surface area contributed by atoms with E-state index >= 15 is 0 Å². The van der Waals surface area contributed by atoms with E-state index < -0.39 is 0 Å². The van der Waals surface area contributed by atoms with Crippen molar-refractivity contribution in [3.8, 4) is 11.1 Å². The molecule has 0 heterocycles. The van der Waals surface area contributed by atoms with Crippen molar-refractivity contribution in [2.24, 2.45) is 0 Å². The average molecular weight is 447 g/mol. The van der Waals surface area contributed by atoms with Crippen LogP contribution in [-0.4, -0.2) is 0 Å². The fraction of sp³-hybridized carbons (Fsp3) is 0.0345. The Bertz CT molecular complexity index is 1350. The molecule has 142 valence electrons. The molecule has 6 rings (SSSR count). The molecule has 0 bridgehead atoms. The Morgan fingerprint density at radius 3 is 1.83 bits per heavy atom. The van der Waals surface area contributed by atoms with E-state index in [9.17, 15) is 0 Å². The summed E-state index contributed by atoms with van der Waals surface area (Å²) in [5, 5.41) is 2.59. The summed E-state index contributed by atoms with van der Waals surface area (Å²) < 4.78 is 1.11. The fourth-order valence-corrected chi connectivity index (χ4v) is 5.60. The highest BCUT2D eigenvalue weighted by molar-refractivity contribution is 9.10. The standard InChI is InChI=1S/C29H19Br/c30-23-16-18-26-25(19-23)28-24-14-8-7-9-20(24)15-17-27(28)29(26,21-10-3-1-4-11-21)22-12-5-2-6-13-22/h1-19H. The number of hydrogen-bond donors (Lipinski definition) is 0. The number of benzene rings is 5. The van der Waals surface area contributed by atoms with Gasteiger partial charge in [0.25, 0.3) is 0 Å². The summed E-state index contributed by atoms with van der Waals surface area (Å²) in [6.07, 6.45) is 0. The summed E-state index contributed by atoms with van der Waals surface area (Å²) in [6, 6.07) is 42.0. The summed E-state index contributed by atoms with van der Waals surface area (Å²) in [4.78, 5) is 0. The van der Waals surface area contributed by atoms with Crippen molar-refractivity contribution in [3.63, 3.8) is 0 Å². The average Bonchev–Trinajstić information content (AvgIpc) is 3.11. The van der Waals surface area contributed by atoms with E-state index in [1.54, 1.807) is 0 Å². The molecular weight excluding hydrogens is 428 g/mol. The Morgan fingerprint density at radius 1 is 0.533 bits per heavy atom. The monoisotopic (exact) mass is 446 g/mol. The van der Waals surface area contributed by atoms with Crippen LogP contribution in [0.25, 0.3) is 21.9 Å². The second-order valence-electron chi connectivity index (χ2n) is 7.88. The van der Waals surface area contributed by atoms with E-state index in [-0.39, 0.29) is 5.41 Å². The van der Waals surface area contributed by atoms with Crippen molar-refractivity contribution in [1.29, 1.82) is 0 Å². The van der Waals surface area contributed by atoms with Gasteiger partial charge in [-0.05, 0) is 56.3 Å². The minimum Gasteiger partial charge on any atom is -0.0622 e. The summed E-state index contributed by atoms with van der Waals surface area (Å²) in [5.74, 6) is 0. The topological polar surface area (TPSA) is 0 Å². The molecule has 0 amide bonds. The summed E-state index contributed by atoms with van der Waals surface area (Å²) in [5.41, 5.74) is 7.61. The lowest BCUT2D eigenvalue weighted by molar-refractivity contribution is 0.769. The minimum absolute atomic E-state index is 0.335. The van der Waals surface area contributed by atoms with Crippen molar-refractivity contribution in [2.45, 2.75) is 5.41 Å². The van der Waals surface area contributed by atoms with E-state index in [1.807, 2.05) is 0 Å². The second-order valence-corrected chi connectivity index (χ2v) is 8.80. The maximum absolute atomic E-state index is 3.73. The Kier molecular flexibility index (Phi) is 3.94. The van der Waals surface area contributed by atoms with Crippen LogP contribution < -0.4 is 0 Å². The van der Waals surface area contributed by atoms with Gasteiger partial charge in [0.1, 0.15) is 0 Å². The maximum Gasteiger partial charge on any atom is 0.0713 e. The molecule has 5 aromatic rings. The van der Waals surface area contributed by atoms with E-state index in [0.717, 1.165) is 4.47 Å². The Balaban J connectivity index is 1.86. The molecule has 1 aliphatic rings. The van der Waals surface area contributed by atoms with Crippen LogP contribution in [0.4, 0.5) is 0 Å². The molecule has 0 aliphatic heterocycles. The van der Waals surface area contributed by atoms with Gasteiger partial charge >= 0.3 is 0 Å². The van der Waals surface area contributed by atoms with Crippen LogP contribution in [0.3, 0.4) is 0 Å². The molecular formula is C29H19Br. The van der Waals surface area contributed by atoms with Gasteiger partial charge in [0.15, 0.2) is 0 Å². The first-order valence-electron chi connectivity index (χ1n) is 10.2. The lowest BCUT2D eigenvalue weighted by Gasteiger charge is -2.34. The lowest BCUT2D eigenvalue weighted by atomic mass is 9.67. The molecule has 0 radical (unpaired) electrons. The molecule has 0 saturated carbocycles.